The molecule has 0 fully saturated rings. The summed E-state index contributed by atoms with van der Waals surface area (Å²) in [5.74, 6) is 1.96. The van der Waals surface area contributed by atoms with E-state index in [1.165, 1.54) is 0 Å². The molecule has 4 aromatic carbocycles. The minimum Gasteiger partial charge on any atom is -0.507 e. The van der Waals surface area contributed by atoms with E-state index in [9.17, 15) is 10.2 Å². The van der Waals surface area contributed by atoms with Crippen LogP contribution in [0.5, 0.6) is 23.0 Å². The summed E-state index contributed by atoms with van der Waals surface area (Å²) in [7, 11) is 3.24. The number of aryl methyl sites for hydroxylation is 4. The standard InChI is InChI=1S/C38H44O6/c1-21-9-27-17-31-13-23(3)15-33(37(31)43-25(5)41-7)19-29-11-22(2)12-30(36(29)40)20-34-16-24(4)14-32(18-28(10-21)35(27)39)38(34)44-26(6)42-8/h9-16,25-26,39-40H,17-20H2,1-8H3. The first-order valence-electron chi connectivity index (χ1n) is 15.2. The maximum atomic E-state index is 11.7. The van der Waals surface area contributed by atoms with Crippen molar-refractivity contribution in [2.75, 3.05) is 14.2 Å². The lowest BCUT2D eigenvalue weighted by Crippen LogP contribution is -2.17. The molecule has 4 aromatic rings. The largest absolute Gasteiger partial charge is 0.507 e. The SMILES string of the molecule is COC(C)Oc1c2cc(C)cc1Cc1cc(C)cc(c1O)Cc1cc(C)cc(c1OC(C)OC)Cc1cc(C)cc(c1O)C2. The van der Waals surface area contributed by atoms with Crippen LogP contribution in [0.4, 0.5) is 0 Å². The van der Waals surface area contributed by atoms with E-state index in [2.05, 4.69) is 52.0 Å². The molecule has 0 spiro atoms. The van der Waals surface area contributed by atoms with Gasteiger partial charge in [0, 0.05) is 39.9 Å². The number of hydrogen-bond donors (Lipinski definition) is 2. The lowest BCUT2D eigenvalue weighted by Gasteiger charge is -2.24. The number of ether oxygens (including phenoxy) is 4. The highest BCUT2D eigenvalue weighted by molar-refractivity contribution is 5.57. The van der Waals surface area contributed by atoms with Crippen molar-refractivity contribution in [2.24, 2.45) is 0 Å². The van der Waals surface area contributed by atoms with Crippen LogP contribution in [0.2, 0.25) is 0 Å². The quantitative estimate of drug-likeness (QED) is 0.195. The molecule has 0 saturated heterocycles. The van der Waals surface area contributed by atoms with Gasteiger partial charge in [-0.15, -0.1) is 0 Å². The monoisotopic (exact) mass is 596 g/mol. The van der Waals surface area contributed by atoms with Gasteiger partial charge in [-0.05, 0) is 86.1 Å². The van der Waals surface area contributed by atoms with Crippen molar-refractivity contribution in [1.29, 1.82) is 0 Å². The molecule has 2 atom stereocenters. The van der Waals surface area contributed by atoms with Gasteiger partial charge in [0.15, 0.2) is 12.6 Å². The summed E-state index contributed by atoms with van der Waals surface area (Å²) in [5, 5.41) is 23.5. The Kier molecular flexibility index (Phi) is 9.23. The molecule has 0 aromatic heterocycles. The number of phenolic OH excluding ortho intramolecular Hbond substituents is 2. The summed E-state index contributed by atoms with van der Waals surface area (Å²) < 4.78 is 23.8. The number of phenols is 2. The molecule has 0 amide bonds. The van der Waals surface area contributed by atoms with Gasteiger partial charge in [0.05, 0.1) is 0 Å². The lowest BCUT2D eigenvalue weighted by molar-refractivity contribution is -0.0395. The van der Waals surface area contributed by atoms with Crippen LogP contribution in [0.1, 0.15) is 80.6 Å². The van der Waals surface area contributed by atoms with Crippen LogP contribution in [-0.4, -0.2) is 37.0 Å². The van der Waals surface area contributed by atoms with Gasteiger partial charge in [-0.25, -0.2) is 0 Å². The van der Waals surface area contributed by atoms with Crippen molar-refractivity contribution in [3.8, 4) is 23.0 Å². The van der Waals surface area contributed by atoms with Crippen LogP contribution in [-0.2, 0) is 35.2 Å². The van der Waals surface area contributed by atoms with Gasteiger partial charge in [-0.1, -0.05) is 70.8 Å². The van der Waals surface area contributed by atoms with Gasteiger partial charge >= 0.3 is 0 Å². The Morgan fingerprint density at radius 1 is 0.455 bits per heavy atom. The van der Waals surface area contributed by atoms with Gasteiger partial charge in [0.25, 0.3) is 0 Å². The van der Waals surface area contributed by atoms with Crippen LogP contribution >= 0.6 is 0 Å². The summed E-state index contributed by atoms with van der Waals surface area (Å²) in [4.78, 5) is 0. The van der Waals surface area contributed by atoms with E-state index in [0.29, 0.717) is 37.2 Å². The van der Waals surface area contributed by atoms with Gasteiger partial charge in [-0.3, -0.25) is 0 Å². The molecule has 8 bridgehead atoms. The zero-order valence-corrected chi connectivity index (χ0v) is 27.1. The topological polar surface area (TPSA) is 77.4 Å². The smallest absolute Gasteiger partial charge is 0.196 e. The highest BCUT2D eigenvalue weighted by Crippen LogP contribution is 2.40. The number of hydrogen-bond acceptors (Lipinski definition) is 6. The maximum absolute atomic E-state index is 11.7. The molecule has 2 unspecified atom stereocenters. The van der Waals surface area contributed by atoms with E-state index in [1.54, 1.807) is 14.2 Å². The fourth-order valence-electron chi connectivity index (χ4n) is 6.34. The van der Waals surface area contributed by atoms with Gasteiger partial charge in [0.2, 0.25) is 0 Å². The molecule has 6 nitrogen and oxygen atoms in total. The summed E-state index contributed by atoms with van der Waals surface area (Å²) >= 11 is 0. The Bertz CT molecular complexity index is 1470. The minimum absolute atomic E-state index is 0.267. The van der Waals surface area contributed by atoms with E-state index in [4.69, 9.17) is 18.9 Å². The van der Waals surface area contributed by atoms with Crippen molar-refractivity contribution in [3.05, 3.63) is 115 Å². The zero-order valence-electron chi connectivity index (χ0n) is 27.1. The van der Waals surface area contributed by atoms with E-state index >= 15 is 0 Å². The average molecular weight is 597 g/mol. The number of aromatic hydroxyl groups is 2. The molecule has 0 radical (unpaired) electrons. The van der Waals surface area contributed by atoms with Gasteiger partial charge in [0.1, 0.15) is 23.0 Å². The fourth-order valence-corrected chi connectivity index (χ4v) is 6.34. The fraction of sp³-hybridized carbons (Fsp3) is 0.368. The summed E-state index contributed by atoms with van der Waals surface area (Å²) in [6, 6.07) is 16.6. The Labute approximate surface area is 261 Å². The van der Waals surface area contributed by atoms with Crippen LogP contribution in [0.15, 0.2) is 48.5 Å². The Morgan fingerprint density at radius 2 is 0.682 bits per heavy atom. The van der Waals surface area contributed by atoms with Crippen molar-refractivity contribution >= 4 is 0 Å². The third-order valence-electron chi connectivity index (χ3n) is 8.35. The van der Waals surface area contributed by atoms with E-state index in [1.807, 2.05) is 38.1 Å². The summed E-state index contributed by atoms with van der Waals surface area (Å²) in [6.07, 6.45) is 0.907. The van der Waals surface area contributed by atoms with Crippen molar-refractivity contribution < 1.29 is 29.2 Å². The Morgan fingerprint density at radius 3 is 0.909 bits per heavy atom. The van der Waals surface area contributed by atoms with Crippen LogP contribution < -0.4 is 9.47 Å². The molecular formula is C38H44O6. The average Bonchev–Trinajstić information content (AvgIpc) is 2.96. The maximum Gasteiger partial charge on any atom is 0.196 e. The molecule has 232 valence electrons. The minimum atomic E-state index is -0.481. The predicted molar refractivity (Wildman–Crippen MR) is 173 cm³/mol. The Hall–Kier alpha value is -4.00. The van der Waals surface area contributed by atoms with Gasteiger partial charge < -0.3 is 29.2 Å². The van der Waals surface area contributed by atoms with Crippen molar-refractivity contribution in [1.82, 2.24) is 0 Å². The number of rotatable bonds is 6. The summed E-state index contributed by atoms with van der Waals surface area (Å²) in [5.41, 5.74) is 11.4. The zero-order chi connectivity index (χ0) is 31.7. The third-order valence-corrected chi connectivity index (χ3v) is 8.35. The first-order valence-corrected chi connectivity index (χ1v) is 15.2. The third kappa shape index (κ3) is 6.72. The van der Waals surface area contributed by atoms with Gasteiger partial charge in [-0.2, -0.15) is 0 Å². The van der Waals surface area contributed by atoms with Crippen molar-refractivity contribution in [3.63, 3.8) is 0 Å². The molecular weight excluding hydrogens is 552 g/mol. The van der Waals surface area contributed by atoms with Crippen LogP contribution in [0.25, 0.3) is 0 Å². The molecule has 1 aliphatic carbocycles. The first-order chi connectivity index (χ1) is 20.9. The predicted octanol–water partition coefficient (Wildman–Crippen LogP) is 7.75. The van der Waals surface area contributed by atoms with Crippen LogP contribution in [0.3, 0.4) is 0 Å². The number of fused-ring (bicyclic) bond motifs is 8. The molecule has 2 N–H and O–H groups in total. The first kappa shape index (κ1) is 31.4. The highest BCUT2D eigenvalue weighted by Gasteiger charge is 2.23. The lowest BCUT2D eigenvalue weighted by atomic mass is 9.89. The molecule has 0 heterocycles. The molecule has 5 rings (SSSR count). The summed E-state index contributed by atoms with van der Waals surface area (Å²) in [6.45, 7) is 12.0. The number of benzene rings is 4. The molecule has 1 aliphatic rings. The van der Waals surface area contributed by atoms with E-state index in [-0.39, 0.29) is 11.5 Å². The number of methoxy groups -OCH3 is 2. The van der Waals surface area contributed by atoms with Crippen LogP contribution in [0, 0.1) is 27.7 Å². The van der Waals surface area contributed by atoms with E-state index < -0.39 is 12.6 Å². The second-order valence-electron chi connectivity index (χ2n) is 12.2. The highest BCUT2D eigenvalue weighted by atomic mass is 16.7. The normalized spacial score (nSPS) is 14.2. The Balaban J connectivity index is 1.80. The van der Waals surface area contributed by atoms with E-state index in [0.717, 1.165) is 66.8 Å². The molecule has 6 heteroatoms. The second-order valence-corrected chi connectivity index (χ2v) is 12.2. The molecule has 44 heavy (non-hydrogen) atoms. The second kappa shape index (κ2) is 12.9. The van der Waals surface area contributed by atoms with Crippen molar-refractivity contribution in [2.45, 2.75) is 79.8 Å². The molecule has 0 aliphatic heterocycles. The molecule has 0 saturated carbocycles.